The zero-order chi connectivity index (χ0) is 17.6. The van der Waals surface area contributed by atoms with Crippen molar-refractivity contribution >= 4 is 11.6 Å². The Hall–Kier alpha value is -1.60. The minimum Gasteiger partial charge on any atom is -0.205 e. The second kappa shape index (κ2) is 8.67. The maximum atomic E-state index is 13.6. The predicted molar refractivity (Wildman–Crippen MR) is 105 cm³/mol. The van der Waals surface area contributed by atoms with Crippen LogP contribution in [0.1, 0.15) is 44.6 Å². The Bertz CT molecular complexity index is 709. The molecule has 0 amide bonds. The van der Waals surface area contributed by atoms with Crippen molar-refractivity contribution in [1.29, 1.82) is 0 Å². The van der Waals surface area contributed by atoms with Gasteiger partial charge >= 0.3 is 0 Å². The molecule has 0 aromatic heterocycles. The molecular weight excluding hydrogens is 331 g/mol. The van der Waals surface area contributed by atoms with Crippen LogP contribution in [0.15, 0.2) is 54.6 Å². The lowest BCUT2D eigenvalue weighted by molar-refractivity contribution is 0.296. The fourth-order valence-corrected chi connectivity index (χ4v) is 3.97. The van der Waals surface area contributed by atoms with Crippen LogP contribution in [0.5, 0.6) is 0 Å². The van der Waals surface area contributed by atoms with Crippen LogP contribution in [-0.4, -0.2) is 0 Å². The van der Waals surface area contributed by atoms with Crippen molar-refractivity contribution in [3.63, 3.8) is 0 Å². The van der Waals surface area contributed by atoms with Gasteiger partial charge in [0.25, 0.3) is 0 Å². The summed E-state index contributed by atoms with van der Waals surface area (Å²) in [6.45, 7) is 2.12. The summed E-state index contributed by atoms with van der Waals surface area (Å²) in [4.78, 5) is 0. The highest BCUT2D eigenvalue weighted by molar-refractivity contribution is 6.30. The molecule has 3 rings (SSSR count). The fraction of sp³-hybridized carbons (Fsp3) is 0.391. The second-order valence-corrected chi connectivity index (χ2v) is 7.58. The van der Waals surface area contributed by atoms with Gasteiger partial charge in [-0.3, -0.25) is 0 Å². The first kappa shape index (κ1) is 18.2. The van der Waals surface area contributed by atoms with Gasteiger partial charge in [0.1, 0.15) is 5.82 Å². The summed E-state index contributed by atoms with van der Waals surface area (Å²) >= 11 is 5.76. The normalized spacial score (nSPS) is 20.9. The molecule has 2 heteroatoms. The van der Waals surface area contributed by atoms with E-state index in [1.807, 2.05) is 6.07 Å². The van der Waals surface area contributed by atoms with E-state index in [1.54, 1.807) is 6.07 Å². The van der Waals surface area contributed by atoms with Crippen molar-refractivity contribution in [3.05, 3.63) is 71.0 Å². The SMILES string of the molecule is C/C=C/C1CCC(CCc2ccc(-c3ccc(Cl)c(F)c3)cc2)CC1. The van der Waals surface area contributed by atoms with Crippen molar-refractivity contribution in [2.75, 3.05) is 0 Å². The molecule has 1 saturated carbocycles. The Kier molecular flexibility index (Phi) is 6.31. The summed E-state index contributed by atoms with van der Waals surface area (Å²) in [5.41, 5.74) is 3.27. The first-order chi connectivity index (χ1) is 12.2. The summed E-state index contributed by atoms with van der Waals surface area (Å²) in [7, 11) is 0. The molecule has 0 aliphatic heterocycles. The molecule has 0 N–H and O–H groups in total. The van der Waals surface area contributed by atoms with E-state index in [-0.39, 0.29) is 10.8 Å². The molecule has 0 radical (unpaired) electrons. The summed E-state index contributed by atoms with van der Waals surface area (Å²) in [6.07, 6.45) is 12.4. The van der Waals surface area contributed by atoms with Gasteiger partial charge in [0, 0.05) is 0 Å². The zero-order valence-corrected chi connectivity index (χ0v) is 15.6. The zero-order valence-electron chi connectivity index (χ0n) is 14.8. The molecule has 0 unspecified atom stereocenters. The van der Waals surface area contributed by atoms with Gasteiger partial charge in [-0.05, 0) is 86.1 Å². The molecule has 2 aromatic carbocycles. The third kappa shape index (κ3) is 4.95. The first-order valence-corrected chi connectivity index (χ1v) is 9.70. The molecule has 0 atom stereocenters. The third-order valence-corrected chi connectivity index (χ3v) is 5.71. The van der Waals surface area contributed by atoms with E-state index in [0.717, 1.165) is 29.4 Å². The molecule has 1 aliphatic carbocycles. The van der Waals surface area contributed by atoms with E-state index in [2.05, 4.69) is 43.3 Å². The summed E-state index contributed by atoms with van der Waals surface area (Å²) in [5, 5.41) is 0.171. The van der Waals surface area contributed by atoms with Gasteiger partial charge in [-0.25, -0.2) is 4.39 Å². The number of hydrogen-bond donors (Lipinski definition) is 0. The van der Waals surface area contributed by atoms with Crippen molar-refractivity contribution in [2.24, 2.45) is 11.8 Å². The molecule has 0 spiro atoms. The van der Waals surface area contributed by atoms with E-state index >= 15 is 0 Å². The topological polar surface area (TPSA) is 0 Å². The van der Waals surface area contributed by atoms with Crippen LogP contribution in [0, 0.1) is 17.7 Å². The van der Waals surface area contributed by atoms with Crippen molar-refractivity contribution < 1.29 is 4.39 Å². The summed E-state index contributed by atoms with van der Waals surface area (Å²) < 4.78 is 13.6. The van der Waals surface area contributed by atoms with Crippen LogP contribution in [0.25, 0.3) is 11.1 Å². The van der Waals surface area contributed by atoms with Crippen LogP contribution in [-0.2, 0) is 6.42 Å². The molecule has 2 aromatic rings. The number of benzene rings is 2. The molecule has 0 saturated heterocycles. The average Bonchev–Trinajstić information content (AvgIpc) is 2.64. The second-order valence-electron chi connectivity index (χ2n) is 7.17. The van der Waals surface area contributed by atoms with E-state index in [1.165, 1.54) is 43.7 Å². The van der Waals surface area contributed by atoms with Gasteiger partial charge in [0.15, 0.2) is 0 Å². The smallest absolute Gasteiger partial charge is 0.142 e. The fourth-order valence-electron chi connectivity index (χ4n) is 3.85. The van der Waals surface area contributed by atoms with Crippen LogP contribution in [0.2, 0.25) is 5.02 Å². The number of hydrogen-bond acceptors (Lipinski definition) is 0. The Balaban J connectivity index is 1.54. The number of allylic oxidation sites excluding steroid dienone is 2. The first-order valence-electron chi connectivity index (χ1n) is 9.33. The lowest BCUT2D eigenvalue weighted by Gasteiger charge is -2.26. The highest BCUT2D eigenvalue weighted by Crippen LogP contribution is 2.32. The minimum absolute atomic E-state index is 0.171. The molecule has 132 valence electrons. The van der Waals surface area contributed by atoms with Gasteiger partial charge in [0.2, 0.25) is 0 Å². The predicted octanol–water partition coefficient (Wildman–Crippen LogP) is 7.46. The van der Waals surface area contributed by atoms with Gasteiger partial charge in [-0.1, -0.05) is 54.1 Å². The molecule has 1 aliphatic rings. The molecule has 1 fully saturated rings. The molecule has 0 heterocycles. The molecule has 0 bridgehead atoms. The van der Waals surface area contributed by atoms with Gasteiger partial charge in [-0.2, -0.15) is 0 Å². The van der Waals surface area contributed by atoms with Gasteiger partial charge in [0.05, 0.1) is 5.02 Å². The van der Waals surface area contributed by atoms with Crippen molar-refractivity contribution in [1.82, 2.24) is 0 Å². The lowest BCUT2D eigenvalue weighted by Crippen LogP contribution is -2.13. The lowest BCUT2D eigenvalue weighted by atomic mass is 9.79. The quantitative estimate of drug-likeness (QED) is 0.487. The highest BCUT2D eigenvalue weighted by Gasteiger charge is 2.19. The highest BCUT2D eigenvalue weighted by atomic mass is 35.5. The Morgan fingerprint density at radius 2 is 1.68 bits per heavy atom. The van der Waals surface area contributed by atoms with Crippen molar-refractivity contribution in [2.45, 2.75) is 45.4 Å². The van der Waals surface area contributed by atoms with Crippen molar-refractivity contribution in [3.8, 4) is 11.1 Å². The summed E-state index contributed by atoms with van der Waals surface area (Å²) in [6, 6.07) is 13.5. The van der Waals surface area contributed by atoms with Crippen LogP contribution in [0.4, 0.5) is 4.39 Å². The third-order valence-electron chi connectivity index (χ3n) is 5.40. The van der Waals surface area contributed by atoms with Crippen LogP contribution >= 0.6 is 11.6 Å². The Morgan fingerprint density at radius 3 is 2.32 bits per heavy atom. The van der Waals surface area contributed by atoms with Crippen LogP contribution < -0.4 is 0 Å². The number of rotatable bonds is 5. The standard InChI is InChI=1S/C23H26ClF/c1-2-3-17-4-6-18(7-5-17)8-9-19-10-12-20(13-11-19)21-14-15-22(24)23(25)16-21/h2-3,10-18H,4-9H2,1H3/b3-2+. The summed E-state index contributed by atoms with van der Waals surface area (Å²) in [5.74, 6) is 1.31. The van der Waals surface area contributed by atoms with Gasteiger partial charge in [-0.15, -0.1) is 0 Å². The Morgan fingerprint density at radius 1 is 1.00 bits per heavy atom. The molecule has 25 heavy (non-hydrogen) atoms. The molecular formula is C23H26ClF. The number of halogens is 2. The largest absolute Gasteiger partial charge is 0.205 e. The maximum absolute atomic E-state index is 13.6. The van der Waals surface area contributed by atoms with E-state index in [4.69, 9.17) is 11.6 Å². The van der Waals surface area contributed by atoms with E-state index < -0.39 is 0 Å². The maximum Gasteiger partial charge on any atom is 0.142 e. The van der Waals surface area contributed by atoms with E-state index in [9.17, 15) is 4.39 Å². The monoisotopic (exact) mass is 356 g/mol. The van der Waals surface area contributed by atoms with Gasteiger partial charge < -0.3 is 0 Å². The number of aryl methyl sites for hydroxylation is 1. The Labute approximate surface area is 155 Å². The molecule has 0 nitrogen and oxygen atoms in total. The van der Waals surface area contributed by atoms with E-state index in [0.29, 0.717) is 0 Å². The average molecular weight is 357 g/mol. The van der Waals surface area contributed by atoms with Crippen LogP contribution in [0.3, 0.4) is 0 Å². The minimum atomic E-state index is -0.364.